The second-order valence-electron chi connectivity index (χ2n) is 11.2. The van der Waals surface area contributed by atoms with Crippen molar-refractivity contribution in [3.63, 3.8) is 0 Å². The van der Waals surface area contributed by atoms with Gasteiger partial charge in [0.2, 0.25) is 0 Å². The standard InChI is InChI=1S/C30H34FN3O3/c1-18-16-34(24-14-30(2,3)15-25(35)27(18)24)20-12-21(31)28(29(32)36)23(13-20)33-22-10-7-11-26(22)37-17-19-8-5-4-6-9-19/h4-6,8-9,12-13,16,22,26,33H,7,10-11,14-15,17H2,1-3H3,(H2,32,36). The molecule has 3 N–H and O–H groups in total. The van der Waals surface area contributed by atoms with E-state index in [2.05, 4.69) is 19.2 Å². The number of carbonyl (C=O) groups is 2. The molecule has 2 aromatic carbocycles. The number of aryl methyl sites for hydroxylation is 1. The summed E-state index contributed by atoms with van der Waals surface area (Å²) in [6.45, 7) is 6.53. The average Bonchev–Trinajstić information content (AvgIpc) is 3.40. The fraction of sp³-hybridized carbons (Fsp3) is 0.400. The van der Waals surface area contributed by atoms with Gasteiger partial charge < -0.3 is 20.4 Å². The number of anilines is 1. The number of rotatable bonds is 7. The van der Waals surface area contributed by atoms with Crippen molar-refractivity contribution in [1.29, 1.82) is 0 Å². The van der Waals surface area contributed by atoms with Crippen LogP contribution in [0, 0.1) is 18.2 Å². The zero-order chi connectivity index (χ0) is 26.3. The van der Waals surface area contributed by atoms with E-state index in [1.807, 2.05) is 48.0 Å². The van der Waals surface area contributed by atoms with Gasteiger partial charge in [0, 0.05) is 23.9 Å². The number of ether oxygens (including phenoxy) is 1. The fourth-order valence-corrected chi connectivity index (χ4v) is 5.87. The Morgan fingerprint density at radius 3 is 2.68 bits per heavy atom. The first-order valence-electron chi connectivity index (χ1n) is 12.9. The molecule has 1 amide bonds. The molecule has 1 aromatic heterocycles. The summed E-state index contributed by atoms with van der Waals surface area (Å²) in [4.78, 5) is 25.2. The van der Waals surface area contributed by atoms with Crippen LogP contribution in [0.2, 0.25) is 0 Å². The van der Waals surface area contributed by atoms with Crippen LogP contribution in [0.5, 0.6) is 0 Å². The third-order valence-corrected chi connectivity index (χ3v) is 7.56. The Kier molecular flexibility index (Phi) is 6.67. The summed E-state index contributed by atoms with van der Waals surface area (Å²) in [6, 6.07) is 13.0. The molecule has 0 radical (unpaired) electrons. The first-order chi connectivity index (χ1) is 17.6. The number of hydrogen-bond acceptors (Lipinski definition) is 4. The molecule has 2 aliphatic rings. The third-order valence-electron chi connectivity index (χ3n) is 7.56. The van der Waals surface area contributed by atoms with Gasteiger partial charge in [-0.25, -0.2) is 4.39 Å². The lowest BCUT2D eigenvalue weighted by Crippen LogP contribution is -2.32. The summed E-state index contributed by atoms with van der Waals surface area (Å²) in [6.07, 6.45) is 5.67. The second kappa shape index (κ2) is 9.78. The molecule has 0 bridgehead atoms. The van der Waals surface area contributed by atoms with Gasteiger partial charge >= 0.3 is 0 Å². The van der Waals surface area contributed by atoms with Gasteiger partial charge in [-0.15, -0.1) is 0 Å². The molecule has 1 fully saturated rings. The van der Waals surface area contributed by atoms with Crippen molar-refractivity contribution in [2.24, 2.45) is 11.1 Å². The van der Waals surface area contributed by atoms with E-state index in [-0.39, 0.29) is 28.9 Å². The summed E-state index contributed by atoms with van der Waals surface area (Å²) in [5.74, 6) is -1.40. The van der Waals surface area contributed by atoms with Gasteiger partial charge in [0.1, 0.15) is 5.82 Å². The van der Waals surface area contributed by atoms with Crippen LogP contribution >= 0.6 is 0 Å². The molecule has 194 valence electrons. The Labute approximate surface area is 217 Å². The molecule has 0 spiro atoms. The van der Waals surface area contributed by atoms with Crippen LogP contribution in [0.1, 0.15) is 77.1 Å². The summed E-state index contributed by atoms with van der Waals surface area (Å²) < 4.78 is 23.5. The highest BCUT2D eigenvalue weighted by atomic mass is 19.1. The first kappa shape index (κ1) is 25.2. The topological polar surface area (TPSA) is 86.3 Å². The van der Waals surface area contributed by atoms with Crippen molar-refractivity contribution in [2.75, 3.05) is 5.32 Å². The van der Waals surface area contributed by atoms with Crippen LogP contribution in [-0.4, -0.2) is 28.4 Å². The average molecular weight is 504 g/mol. The van der Waals surface area contributed by atoms with E-state index in [9.17, 15) is 9.59 Å². The van der Waals surface area contributed by atoms with Crippen LogP contribution in [0.25, 0.3) is 5.69 Å². The Balaban J connectivity index is 1.48. The molecule has 0 aliphatic heterocycles. The van der Waals surface area contributed by atoms with Crippen molar-refractivity contribution >= 4 is 17.4 Å². The smallest absolute Gasteiger partial charge is 0.253 e. The lowest BCUT2D eigenvalue weighted by molar-refractivity contribution is 0.0394. The number of ketones is 1. The second-order valence-corrected chi connectivity index (χ2v) is 11.2. The molecule has 6 nitrogen and oxygen atoms in total. The molecule has 2 aliphatic carbocycles. The number of primary amides is 1. The van der Waals surface area contributed by atoms with Gasteiger partial charge in [0.15, 0.2) is 5.78 Å². The molecule has 37 heavy (non-hydrogen) atoms. The van der Waals surface area contributed by atoms with Crippen LogP contribution in [0.4, 0.5) is 10.1 Å². The predicted octanol–water partition coefficient (Wildman–Crippen LogP) is 5.73. The van der Waals surface area contributed by atoms with Crippen LogP contribution in [0.3, 0.4) is 0 Å². The number of aromatic nitrogens is 1. The molecule has 2 atom stereocenters. The van der Waals surface area contributed by atoms with Crippen LogP contribution in [0.15, 0.2) is 48.7 Å². The Bertz CT molecular complexity index is 1350. The lowest BCUT2D eigenvalue weighted by atomic mass is 9.75. The minimum absolute atomic E-state index is 0.0762. The van der Waals surface area contributed by atoms with E-state index in [0.29, 0.717) is 30.8 Å². The van der Waals surface area contributed by atoms with Crippen LogP contribution < -0.4 is 11.1 Å². The molecular formula is C30H34FN3O3. The van der Waals surface area contributed by atoms with E-state index >= 15 is 4.39 Å². The van der Waals surface area contributed by atoms with E-state index in [1.54, 1.807) is 6.07 Å². The largest absolute Gasteiger partial charge is 0.379 e. The number of amides is 1. The third kappa shape index (κ3) is 5.05. The van der Waals surface area contributed by atoms with E-state index in [4.69, 9.17) is 10.5 Å². The minimum Gasteiger partial charge on any atom is -0.379 e. The van der Waals surface area contributed by atoms with E-state index in [1.165, 1.54) is 6.07 Å². The maximum Gasteiger partial charge on any atom is 0.253 e. The molecule has 0 saturated heterocycles. The highest BCUT2D eigenvalue weighted by Gasteiger charge is 2.35. The van der Waals surface area contributed by atoms with E-state index in [0.717, 1.165) is 41.6 Å². The summed E-state index contributed by atoms with van der Waals surface area (Å²) in [5, 5.41) is 3.39. The molecule has 3 aromatic rings. The fourth-order valence-electron chi connectivity index (χ4n) is 5.87. The molecule has 1 heterocycles. The van der Waals surface area contributed by atoms with Gasteiger partial charge in [-0.05, 0) is 61.3 Å². The van der Waals surface area contributed by atoms with Crippen molar-refractivity contribution in [3.8, 4) is 5.69 Å². The Morgan fingerprint density at radius 2 is 1.95 bits per heavy atom. The normalized spacial score (nSPS) is 20.6. The molecule has 1 saturated carbocycles. The quantitative estimate of drug-likeness (QED) is 0.431. The number of carbonyl (C=O) groups excluding carboxylic acids is 2. The van der Waals surface area contributed by atoms with Crippen molar-refractivity contribution in [2.45, 2.75) is 71.6 Å². The van der Waals surface area contributed by atoms with Crippen molar-refractivity contribution in [3.05, 3.63) is 82.4 Å². The number of hydrogen-bond donors (Lipinski definition) is 2. The zero-order valence-corrected chi connectivity index (χ0v) is 21.6. The number of nitrogens with two attached hydrogens (primary N) is 1. The number of halogens is 1. The molecular weight excluding hydrogens is 469 g/mol. The number of nitrogens with zero attached hydrogens (tertiary/aromatic N) is 1. The SMILES string of the molecule is Cc1cn(-c2cc(F)c(C(N)=O)c(NC3CCCC3OCc3ccccc3)c2)c2c1C(=O)CC(C)(C)C2. The number of benzene rings is 2. The van der Waals surface area contributed by atoms with Gasteiger partial charge in [0.05, 0.1) is 35.7 Å². The van der Waals surface area contributed by atoms with Gasteiger partial charge in [-0.3, -0.25) is 9.59 Å². The molecule has 5 rings (SSSR count). The van der Waals surface area contributed by atoms with Crippen molar-refractivity contribution in [1.82, 2.24) is 4.57 Å². The van der Waals surface area contributed by atoms with Gasteiger partial charge in [-0.2, -0.15) is 0 Å². The van der Waals surface area contributed by atoms with Gasteiger partial charge in [-0.1, -0.05) is 44.2 Å². The van der Waals surface area contributed by atoms with E-state index < -0.39 is 11.7 Å². The van der Waals surface area contributed by atoms with Crippen molar-refractivity contribution < 1.29 is 18.7 Å². The van der Waals surface area contributed by atoms with Crippen LogP contribution in [-0.2, 0) is 17.8 Å². The maximum atomic E-state index is 15.4. The summed E-state index contributed by atoms with van der Waals surface area (Å²) in [7, 11) is 0. The lowest BCUT2D eigenvalue weighted by Gasteiger charge is -2.30. The summed E-state index contributed by atoms with van der Waals surface area (Å²) in [5.41, 5.74) is 9.73. The predicted molar refractivity (Wildman–Crippen MR) is 142 cm³/mol. The Hall–Kier alpha value is -3.45. The highest BCUT2D eigenvalue weighted by Crippen LogP contribution is 2.39. The van der Waals surface area contributed by atoms with Gasteiger partial charge in [0.25, 0.3) is 5.91 Å². The Morgan fingerprint density at radius 1 is 1.19 bits per heavy atom. The summed E-state index contributed by atoms with van der Waals surface area (Å²) >= 11 is 0. The minimum atomic E-state index is -0.826. The maximum absolute atomic E-state index is 15.4. The number of nitrogens with one attached hydrogen (secondary N) is 1. The molecule has 7 heteroatoms. The number of Topliss-reactive ketones (excluding diaryl/α,β-unsaturated/α-hetero) is 1. The molecule has 2 unspecified atom stereocenters. The monoisotopic (exact) mass is 503 g/mol. The zero-order valence-electron chi connectivity index (χ0n) is 21.6. The highest BCUT2D eigenvalue weighted by molar-refractivity contribution is 6.01. The first-order valence-corrected chi connectivity index (χ1v) is 12.9. The number of fused-ring (bicyclic) bond motifs is 1.